The SMILES string of the molecule is CCCCCCCCCCCCCCCCCCCCCCC/C=C/C(O)C(CO)NC(=O)CCCCCCCCCCCCCCCCCCCCCCCCCCCOC(=O)CCCCCCCCCCCCCCCCCCCC. The van der Waals surface area contributed by atoms with Crippen LogP contribution in [0.2, 0.25) is 0 Å². The van der Waals surface area contributed by atoms with E-state index in [2.05, 4.69) is 19.2 Å². The average molecular weight is 1170 g/mol. The summed E-state index contributed by atoms with van der Waals surface area (Å²) in [6.07, 6.45) is 91.7. The van der Waals surface area contributed by atoms with Gasteiger partial charge in [0.1, 0.15) is 0 Å². The zero-order valence-electron chi connectivity index (χ0n) is 56.7. The number of hydrogen-bond donors (Lipinski definition) is 3. The highest BCUT2D eigenvalue weighted by Crippen LogP contribution is 2.20. The summed E-state index contributed by atoms with van der Waals surface area (Å²) in [5, 5.41) is 23.3. The predicted molar refractivity (Wildman–Crippen MR) is 366 cm³/mol. The van der Waals surface area contributed by atoms with E-state index in [4.69, 9.17) is 4.74 Å². The second-order valence-corrected chi connectivity index (χ2v) is 26.7. The fraction of sp³-hybridized carbons (Fsp3) is 0.948. The minimum absolute atomic E-state index is 0.0218. The number of carbonyl (C=O) groups is 2. The molecule has 0 rings (SSSR count). The lowest BCUT2D eigenvalue weighted by Crippen LogP contribution is -2.45. The van der Waals surface area contributed by atoms with Crippen LogP contribution in [0.15, 0.2) is 12.2 Å². The number of ether oxygens (including phenoxy) is 1. The summed E-state index contributed by atoms with van der Waals surface area (Å²) in [5.74, 6) is -0.0390. The Kier molecular flexibility index (Phi) is 71.8. The molecule has 0 radical (unpaired) electrons. The van der Waals surface area contributed by atoms with Crippen molar-refractivity contribution in [1.82, 2.24) is 5.32 Å². The Morgan fingerprint density at radius 2 is 0.554 bits per heavy atom. The summed E-state index contributed by atoms with van der Waals surface area (Å²) in [5.41, 5.74) is 0. The number of amides is 1. The molecule has 1 amide bonds. The van der Waals surface area contributed by atoms with E-state index in [1.165, 1.54) is 379 Å². The summed E-state index contributed by atoms with van der Waals surface area (Å²) < 4.78 is 5.52. The quantitative estimate of drug-likeness (QED) is 0.0320. The van der Waals surface area contributed by atoms with Gasteiger partial charge >= 0.3 is 5.97 Å². The molecule has 0 heterocycles. The van der Waals surface area contributed by atoms with Gasteiger partial charge < -0.3 is 20.3 Å². The molecule has 0 aromatic carbocycles. The fourth-order valence-electron chi connectivity index (χ4n) is 12.5. The van der Waals surface area contributed by atoms with Gasteiger partial charge in [-0.05, 0) is 32.1 Å². The zero-order valence-corrected chi connectivity index (χ0v) is 56.7. The van der Waals surface area contributed by atoms with Crippen LogP contribution in [0.5, 0.6) is 0 Å². The lowest BCUT2D eigenvalue weighted by atomic mass is 10.0. The van der Waals surface area contributed by atoms with Gasteiger partial charge in [0.2, 0.25) is 5.91 Å². The number of rotatable bonds is 73. The van der Waals surface area contributed by atoms with Crippen molar-refractivity contribution in [2.75, 3.05) is 13.2 Å². The van der Waals surface area contributed by atoms with Crippen molar-refractivity contribution >= 4 is 11.9 Å². The molecule has 0 aromatic rings. The van der Waals surface area contributed by atoms with E-state index >= 15 is 0 Å². The summed E-state index contributed by atoms with van der Waals surface area (Å²) in [4.78, 5) is 24.7. The fourth-order valence-corrected chi connectivity index (χ4v) is 12.5. The standard InChI is InChI=1S/C77H151NO5/c1-3-5-7-9-11-13-15-17-19-21-23-24-28-31-34-37-41-45-49-53-57-61-65-69-75(80)74(73-79)78-76(81)70-66-62-58-54-50-46-42-38-35-32-29-26-25-27-30-33-36-40-44-48-52-56-60-64-68-72-83-77(82)71-67-63-59-55-51-47-43-39-22-20-18-16-14-12-10-8-6-4-2/h65,69,74-75,79-80H,3-64,66-68,70-73H2,1-2H3,(H,78,81)/b69-65+. The van der Waals surface area contributed by atoms with Crippen molar-refractivity contribution in [3.8, 4) is 0 Å². The third kappa shape index (κ3) is 69.6. The topological polar surface area (TPSA) is 95.9 Å². The number of esters is 1. The number of unbranched alkanes of at least 4 members (excludes halogenated alkanes) is 62. The van der Waals surface area contributed by atoms with Crippen molar-refractivity contribution in [2.24, 2.45) is 0 Å². The zero-order chi connectivity index (χ0) is 59.9. The highest BCUT2D eigenvalue weighted by Gasteiger charge is 2.18. The molecule has 0 aromatic heterocycles. The van der Waals surface area contributed by atoms with Gasteiger partial charge in [0.05, 0.1) is 25.4 Å². The highest BCUT2D eigenvalue weighted by atomic mass is 16.5. The first-order valence-corrected chi connectivity index (χ1v) is 38.5. The van der Waals surface area contributed by atoms with Gasteiger partial charge in [-0.3, -0.25) is 9.59 Å². The van der Waals surface area contributed by atoms with Crippen LogP contribution in [0.25, 0.3) is 0 Å². The van der Waals surface area contributed by atoms with Crippen molar-refractivity contribution < 1.29 is 24.5 Å². The second-order valence-electron chi connectivity index (χ2n) is 26.7. The van der Waals surface area contributed by atoms with Crippen LogP contribution >= 0.6 is 0 Å². The Bertz CT molecular complexity index is 1260. The lowest BCUT2D eigenvalue weighted by Gasteiger charge is -2.20. The minimum atomic E-state index is -0.844. The largest absolute Gasteiger partial charge is 0.466 e. The molecular formula is C77H151NO5. The van der Waals surface area contributed by atoms with Crippen molar-refractivity contribution in [2.45, 2.75) is 456 Å². The van der Waals surface area contributed by atoms with Gasteiger partial charge in [0.15, 0.2) is 0 Å². The van der Waals surface area contributed by atoms with E-state index in [-0.39, 0.29) is 18.5 Å². The van der Waals surface area contributed by atoms with Crippen LogP contribution in [-0.2, 0) is 14.3 Å². The molecule has 6 heteroatoms. The van der Waals surface area contributed by atoms with E-state index in [1.54, 1.807) is 6.08 Å². The first kappa shape index (κ1) is 81.6. The third-order valence-electron chi connectivity index (χ3n) is 18.3. The predicted octanol–water partition coefficient (Wildman–Crippen LogP) is 25.1. The van der Waals surface area contributed by atoms with E-state index in [9.17, 15) is 19.8 Å². The monoisotopic (exact) mass is 1170 g/mol. The maximum Gasteiger partial charge on any atom is 0.305 e. The van der Waals surface area contributed by atoms with E-state index in [0.29, 0.717) is 19.4 Å². The van der Waals surface area contributed by atoms with Gasteiger partial charge in [0, 0.05) is 12.8 Å². The third-order valence-corrected chi connectivity index (χ3v) is 18.3. The Hall–Kier alpha value is -1.40. The molecule has 2 atom stereocenters. The molecule has 2 unspecified atom stereocenters. The maximum atomic E-state index is 12.5. The second kappa shape index (κ2) is 73.1. The molecule has 3 N–H and O–H groups in total. The Balaban J connectivity index is 3.37. The highest BCUT2D eigenvalue weighted by molar-refractivity contribution is 5.76. The molecule has 0 aliphatic carbocycles. The number of aliphatic hydroxyl groups is 2. The van der Waals surface area contributed by atoms with Crippen molar-refractivity contribution in [3.63, 3.8) is 0 Å². The van der Waals surface area contributed by atoms with Gasteiger partial charge in [0.25, 0.3) is 0 Å². The van der Waals surface area contributed by atoms with Gasteiger partial charge in [-0.15, -0.1) is 0 Å². The Morgan fingerprint density at radius 1 is 0.325 bits per heavy atom. The summed E-state index contributed by atoms with van der Waals surface area (Å²) >= 11 is 0. The molecule has 0 fully saturated rings. The van der Waals surface area contributed by atoms with Crippen LogP contribution in [0.3, 0.4) is 0 Å². The minimum Gasteiger partial charge on any atom is -0.466 e. The first-order chi connectivity index (χ1) is 41.0. The maximum absolute atomic E-state index is 12.5. The Morgan fingerprint density at radius 3 is 0.819 bits per heavy atom. The van der Waals surface area contributed by atoms with E-state index in [1.807, 2.05) is 6.08 Å². The number of nitrogens with one attached hydrogen (secondary N) is 1. The molecule has 83 heavy (non-hydrogen) atoms. The van der Waals surface area contributed by atoms with Crippen LogP contribution < -0.4 is 5.32 Å². The molecule has 0 aliphatic rings. The average Bonchev–Trinajstić information content (AvgIpc) is 3.49. The molecule has 0 aliphatic heterocycles. The Labute approximate surface area is 520 Å². The molecule has 0 spiro atoms. The normalized spacial score (nSPS) is 12.5. The molecule has 494 valence electrons. The van der Waals surface area contributed by atoms with E-state index < -0.39 is 12.1 Å². The van der Waals surface area contributed by atoms with Gasteiger partial charge in [-0.1, -0.05) is 411 Å². The molecule has 0 saturated carbocycles. The summed E-state index contributed by atoms with van der Waals surface area (Å²) in [7, 11) is 0. The summed E-state index contributed by atoms with van der Waals surface area (Å²) in [6.45, 7) is 4.96. The number of carbonyl (C=O) groups excluding carboxylic acids is 2. The van der Waals surface area contributed by atoms with Crippen LogP contribution in [0.1, 0.15) is 444 Å². The first-order valence-electron chi connectivity index (χ1n) is 38.5. The van der Waals surface area contributed by atoms with Gasteiger partial charge in [-0.25, -0.2) is 0 Å². The molecule has 0 saturated heterocycles. The smallest absolute Gasteiger partial charge is 0.305 e. The molecule has 0 bridgehead atoms. The van der Waals surface area contributed by atoms with Crippen LogP contribution in [-0.4, -0.2) is 47.4 Å². The van der Waals surface area contributed by atoms with Gasteiger partial charge in [-0.2, -0.15) is 0 Å². The van der Waals surface area contributed by atoms with E-state index in [0.717, 1.165) is 38.5 Å². The molecular weight excluding hydrogens is 1020 g/mol. The van der Waals surface area contributed by atoms with Crippen LogP contribution in [0.4, 0.5) is 0 Å². The van der Waals surface area contributed by atoms with Crippen LogP contribution in [0, 0.1) is 0 Å². The molecule has 6 nitrogen and oxygen atoms in total. The number of allylic oxidation sites excluding steroid dienone is 1. The number of aliphatic hydroxyl groups excluding tert-OH is 2. The lowest BCUT2D eigenvalue weighted by molar-refractivity contribution is -0.143. The van der Waals surface area contributed by atoms with Crippen molar-refractivity contribution in [3.05, 3.63) is 12.2 Å². The summed E-state index contributed by atoms with van der Waals surface area (Å²) in [6, 6.07) is -0.627. The number of hydrogen-bond acceptors (Lipinski definition) is 5. The van der Waals surface area contributed by atoms with Crippen molar-refractivity contribution in [1.29, 1.82) is 0 Å².